The molecule has 4 nitrogen and oxygen atoms in total. The highest BCUT2D eigenvalue weighted by Crippen LogP contribution is 1.96. The number of carboxylic acid groups (broad SMARTS) is 1. The number of hydrogen-bond acceptors (Lipinski definition) is 3. The molecular weight excluding hydrogens is 184 g/mol. The fraction of sp³-hybridized carbons (Fsp3) is 0.800. The third-order valence-electron chi connectivity index (χ3n) is 1.63. The molecule has 0 aromatic heterocycles. The Morgan fingerprint density at radius 1 is 1.43 bits per heavy atom. The normalized spacial score (nSPS) is 12.7. The van der Waals surface area contributed by atoms with Gasteiger partial charge in [-0.3, -0.25) is 4.79 Å². The molecule has 0 saturated heterocycles. The summed E-state index contributed by atoms with van der Waals surface area (Å²) in [5.41, 5.74) is 0. The van der Waals surface area contributed by atoms with Gasteiger partial charge >= 0.3 is 5.97 Å². The number of carbonyl (C=O) groups is 1. The van der Waals surface area contributed by atoms with Gasteiger partial charge in [-0.1, -0.05) is 13.3 Å². The Bertz CT molecular complexity index is 147. The summed E-state index contributed by atoms with van der Waals surface area (Å²) >= 11 is 0. The maximum Gasteiger partial charge on any atom is 0.305 e. The van der Waals surface area contributed by atoms with Gasteiger partial charge in [0.2, 0.25) is 0 Å². The summed E-state index contributed by atoms with van der Waals surface area (Å²) in [6, 6.07) is 0. The molecule has 0 aromatic rings. The topological polar surface area (TPSA) is 55.8 Å². The van der Waals surface area contributed by atoms with Gasteiger partial charge in [-0.25, -0.2) is 0 Å². The number of rotatable bonds is 9. The summed E-state index contributed by atoms with van der Waals surface area (Å²) < 4.78 is 10.3. The van der Waals surface area contributed by atoms with E-state index in [1.165, 1.54) is 0 Å². The summed E-state index contributed by atoms with van der Waals surface area (Å²) in [4.78, 5) is 10.2. The molecule has 0 aliphatic rings. The van der Waals surface area contributed by atoms with Crippen molar-refractivity contribution in [3.63, 3.8) is 0 Å². The van der Waals surface area contributed by atoms with E-state index >= 15 is 0 Å². The highest BCUT2D eigenvalue weighted by Gasteiger charge is 2.06. The molecule has 0 spiro atoms. The van der Waals surface area contributed by atoms with Crippen LogP contribution in [0.2, 0.25) is 0 Å². The van der Waals surface area contributed by atoms with E-state index in [4.69, 9.17) is 14.6 Å². The maximum absolute atomic E-state index is 10.2. The van der Waals surface area contributed by atoms with Crippen LogP contribution in [0.3, 0.4) is 0 Å². The Balaban J connectivity index is 3.14. The van der Waals surface area contributed by atoms with Crippen LogP contribution in [0.5, 0.6) is 0 Å². The standard InChI is InChI=1S/C10H19O4/c1-3-4-5-13-6-7-14-9(2)8-10(11)12/h9H,2-8H2,1H3,(H,11,12). The fourth-order valence-corrected chi connectivity index (χ4v) is 0.876. The number of ether oxygens (including phenoxy) is 2. The van der Waals surface area contributed by atoms with Crippen LogP contribution < -0.4 is 0 Å². The third kappa shape index (κ3) is 9.48. The van der Waals surface area contributed by atoms with Crippen molar-refractivity contribution in [3.8, 4) is 0 Å². The molecule has 4 heteroatoms. The van der Waals surface area contributed by atoms with Crippen molar-refractivity contribution in [3.05, 3.63) is 6.92 Å². The molecule has 83 valence electrons. The minimum Gasteiger partial charge on any atom is -0.481 e. The van der Waals surface area contributed by atoms with Gasteiger partial charge in [0.05, 0.1) is 25.7 Å². The van der Waals surface area contributed by atoms with E-state index in [2.05, 4.69) is 13.8 Å². The van der Waals surface area contributed by atoms with Crippen molar-refractivity contribution in [2.45, 2.75) is 32.3 Å². The lowest BCUT2D eigenvalue weighted by atomic mass is 10.3. The van der Waals surface area contributed by atoms with E-state index in [0.717, 1.165) is 19.4 Å². The Labute approximate surface area is 85.2 Å². The molecule has 0 saturated carbocycles. The van der Waals surface area contributed by atoms with E-state index in [-0.39, 0.29) is 6.42 Å². The predicted octanol–water partition coefficient (Wildman–Crippen LogP) is 1.50. The van der Waals surface area contributed by atoms with Crippen molar-refractivity contribution in [1.82, 2.24) is 0 Å². The van der Waals surface area contributed by atoms with Gasteiger partial charge in [0, 0.05) is 6.61 Å². The minimum absolute atomic E-state index is 0.0606. The second-order valence-electron chi connectivity index (χ2n) is 3.06. The Hall–Kier alpha value is -0.610. The molecule has 1 N–H and O–H groups in total. The molecule has 0 aliphatic heterocycles. The summed E-state index contributed by atoms with van der Waals surface area (Å²) in [5, 5.41) is 8.41. The second-order valence-corrected chi connectivity index (χ2v) is 3.06. The number of aliphatic carboxylic acids is 1. The Morgan fingerprint density at radius 2 is 2.14 bits per heavy atom. The van der Waals surface area contributed by atoms with Gasteiger partial charge < -0.3 is 14.6 Å². The lowest BCUT2D eigenvalue weighted by molar-refractivity contribution is -0.139. The Kier molecular flexibility index (Phi) is 8.57. The zero-order valence-electron chi connectivity index (χ0n) is 8.70. The van der Waals surface area contributed by atoms with Crippen LogP contribution in [-0.2, 0) is 14.3 Å². The van der Waals surface area contributed by atoms with Gasteiger partial charge in [-0.2, -0.15) is 0 Å². The molecule has 0 aliphatic carbocycles. The van der Waals surface area contributed by atoms with Gasteiger partial charge in [0.1, 0.15) is 0 Å². The van der Waals surface area contributed by atoms with Gasteiger partial charge in [0.15, 0.2) is 0 Å². The first-order chi connectivity index (χ1) is 6.66. The number of unbranched alkanes of at least 4 members (excludes halogenated alkanes) is 1. The quantitative estimate of drug-likeness (QED) is 0.577. The molecule has 1 radical (unpaired) electrons. The van der Waals surface area contributed by atoms with E-state index < -0.39 is 12.1 Å². The molecule has 0 fully saturated rings. The molecule has 0 heterocycles. The molecule has 0 rings (SSSR count). The lowest BCUT2D eigenvalue weighted by Gasteiger charge is -2.10. The van der Waals surface area contributed by atoms with Crippen LogP contribution in [0.1, 0.15) is 26.2 Å². The van der Waals surface area contributed by atoms with E-state index in [1.54, 1.807) is 0 Å². The minimum atomic E-state index is -0.892. The monoisotopic (exact) mass is 203 g/mol. The molecular formula is C10H19O4. The summed E-state index contributed by atoms with van der Waals surface area (Å²) in [5.74, 6) is -0.892. The predicted molar refractivity (Wildman–Crippen MR) is 53.1 cm³/mol. The van der Waals surface area contributed by atoms with E-state index in [0.29, 0.717) is 13.2 Å². The first-order valence-corrected chi connectivity index (χ1v) is 4.91. The van der Waals surface area contributed by atoms with Crippen LogP contribution in [0.15, 0.2) is 0 Å². The van der Waals surface area contributed by atoms with Crippen LogP contribution in [0, 0.1) is 6.92 Å². The van der Waals surface area contributed by atoms with Crippen molar-refractivity contribution < 1.29 is 19.4 Å². The highest BCUT2D eigenvalue weighted by atomic mass is 16.5. The largest absolute Gasteiger partial charge is 0.481 e. The molecule has 0 amide bonds. The average Bonchev–Trinajstić information content (AvgIpc) is 2.10. The Morgan fingerprint density at radius 3 is 2.71 bits per heavy atom. The molecule has 1 atom stereocenters. The van der Waals surface area contributed by atoms with E-state index in [9.17, 15) is 4.79 Å². The van der Waals surface area contributed by atoms with Gasteiger partial charge in [0.25, 0.3) is 0 Å². The smallest absolute Gasteiger partial charge is 0.305 e. The van der Waals surface area contributed by atoms with Crippen molar-refractivity contribution in [2.75, 3.05) is 19.8 Å². The second kappa shape index (κ2) is 8.97. The van der Waals surface area contributed by atoms with Crippen molar-refractivity contribution >= 4 is 5.97 Å². The SMILES string of the molecule is [CH2]C(CC(=O)O)OCCOCCCC. The van der Waals surface area contributed by atoms with Crippen molar-refractivity contribution in [1.29, 1.82) is 0 Å². The first-order valence-electron chi connectivity index (χ1n) is 4.91. The van der Waals surface area contributed by atoms with Crippen LogP contribution in [-0.4, -0.2) is 37.0 Å². The summed E-state index contributed by atoms with van der Waals surface area (Å²) in [6.07, 6.45) is 1.61. The highest BCUT2D eigenvalue weighted by molar-refractivity contribution is 5.67. The van der Waals surface area contributed by atoms with Crippen LogP contribution in [0.25, 0.3) is 0 Å². The van der Waals surface area contributed by atoms with E-state index in [1.807, 2.05) is 0 Å². The maximum atomic E-state index is 10.2. The van der Waals surface area contributed by atoms with Crippen LogP contribution in [0.4, 0.5) is 0 Å². The zero-order valence-corrected chi connectivity index (χ0v) is 8.70. The molecule has 0 bridgehead atoms. The van der Waals surface area contributed by atoms with Crippen LogP contribution >= 0.6 is 0 Å². The zero-order chi connectivity index (χ0) is 10.8. The number of hydrogen-bond donors (Lipinski definition) is 1. The molecule has 1 unspecified atom stereocenters. The lowest BCUT2D eigenvalue weighted by Crippen LogP contribution is -2.17. The fourth-order valence-electron chi connectivity index (χ4n) is 0.876. The molecule has 0 aromatic carbocycles. The summed E-state index contributed by atoms with van der Waals surface area (Å²) in [7, 11) is 0. The first kappa shape index (κ1) is 13.4. The average molecular weight is 203 g/mol. The molecule has 14 heavy (non-hydrogen) atoms. The number of carboxylic acids is 1. The third-order valence-corrected chi connectivity index (χ3v) is 1.63. The summed E-state index contributed by atoms with van der Waals surface area (Å²) in [6.45, 7) is 7.30. The van der Waals surface area contributed by atoms with Crippen molar-refractivity contribution in [2.24, 2.45) is 0 Å². The van der Waals surface area contributed by atoms with Gasteiger partial charge in [-0.05, 0) is 13.3 Å². The van der Waals surface area contributed by atoms with Gasteiger partial charge in [-0.15, -0.1) is 0 Å².